The van der Waals surface area contributed by atoms with E-state index in [1.807, 2.05) is 31.2 Å². The minimum atomic E-state index is -0.244. The number of carbonyl (C=O) groups excluding carboxylic acids is 1. The first kappa shape index (κ1) is 19.0. The number of pyridine rings is 1. The van der Waals surface area contributed by atoms with Gasteiger partial charge in [-0.25, -0.2) is 4.98 Å². The lowest BCUT2D eigenvalue weighted by Gasteiger charge is -2.33. The average molecular weight is 370 g/mol. The monoisotopic (exact) mass is 370 g/mol. The van der Waals surface area contributed by atoms with E-state index in [4.69, 9.17) is 9.47 Å². The molecule has 144 valence electrons. The Balaban J connectivity index is 1.52. The van der Waals surface area contributed by atoms with Crippen molar-refractivity contribution < 1.29 is 14.3 Å². The Hall–Kier alpha value is -2.80. The highest BCUT2D eigenvalue weighted by Crippen LogP contribution is 2.27. The van der Waals surface area contributed by atoms with Crippen LogP contribution in [0.2, 0.25) is 0 Å². The molecule has 1 aliphatic heterocycles. The van der Waals surface area contributed by atoms with E-state index in [-0.39, 0.29) is 12.5 Å². The van der Waals surface area contributed by atoms with Crippen LogP contribution >= 0.6 is 0 Å². The van der Waals surface area contributed by atoms with Crippen LogP contribution in [-0.4, -0.2) is 62.7 Å². The SMILES string of the molecule is COc1cc(C)ccc1OCC(=O)Nc1ccc(N2CCN(C)CC2)nc1. The van der Waals surface area contributed by atoms with Gasteiger partial charge in [0.15, 0.2) is 18.1 Å². The zero-order chi connectivity index (χ0) is 19.2. The number of amides is 1. The number of hydrogen-bond acceptors (Lipinski definition) is 6. The Kier molecular flexibility index (Phi) is 6.13. The summed E-state index contributed by atoms with van der Waals surface area (Å²) in [7, 11) is 3.70. The van der Waals surface area contributed by atoms with Crippen molar-refractivity contribution in [2.24, 2.45) is 0 Å². The van der Waals surface area contributed by atoms with Crippen LogP contribution in [-0.2, 0) is 4.79 Å². The Labute approximate surface area is 159 Å². The van der Waals surface area contributed by atoms with Crippen molar-refractivity contribution in [1.29, 1.82) is 0 Å². The molecule has 0 spiro atoms. The van der Waals surface area contributed by atoms with E-state index in [1.165, 1.54) is 0 Å². The summed E-state index contributed by atoms with van der Waals surface area (Å²) in [6, 6.07) is 9.38. The molecule has 1 aromatic heterocycles. The van der Waals surface area contributed by atoms with Crippen molar-refractivity contribution in [3.63, 3.8) is 0 Å². The average Bonchev–Trinajstić information content (AvgIpc) is 2.68. The predicted octanol–water partition coefficient (Wildman–Crippen LogP) is 2.17. The topological polar surface area (TPSA) is 66.9 Å². The van der Waals surface area contributed by atoms with E-state index in [0.29, 0.717) is 17.2 Å². The first-order valence-electron chi connectivity index (χ1n) is 9.02. The first-order valence-corrected chi connectivity index (χ1v) is 9.02. The molecule has 7 nitrogen and oxygen atoms in total. The van der Waals surface area contributed by atoms with Crippen molar-refractivity contribution >= 4 is 17.4 Å². The highest BCUT2D eigenvalue weighted by Gasteiger charge is 2.15. The third-order valence-corrected chi connectivity index (χ3v) is 4.54. The Bertz CT molecular complexity index is 771. The van der Waals surface area contributed by atoms with Gasteiger partial charge < -0.3 is 24.6 Å². The molecule has 0 radical (unpaired) electrons. The fraction of sp³-hybridized carbons (Fsp3) is 0.400. The zero-order valence-corrected chi connectivity index (χ0v) is 16.1. The van der Waals surface area contributed by atoms with Gasteiger partial charge in [-0.1, -0.05) is 6.07 Å². The number of anilines is 2. The molecule has 7 heteroatoms. The number of rotatable bonds is 6. The highest BCUT2D eigenvalue weighted by molar-refractivity contribution is 5.91. The van der Waals surface area contributed by atoms with E-state index in [0.717, 1.165) is 37.6 Å². The molecule has 0 unspecified atom stereocenters. The van der Waals surface area contributed by atoms with Gasteiger partial charge in [0, 0.05) is 26.2 Å². The normalized spacial score (nSPS) is 14.7. The van der Waals surface area contributed by atoms with Crippen molar-refractivity contribution in [3.8, 4) is 11.5 Å². The van der Waals surface area contributed by atoms with Crippen LogP contribution < -0.4 is 19.7 Å². The molecular formula is C20H26N4O3. The predicted molar refractivity (Wildman–Crippen MR) is 106 cm³/mol. The van der Waals surface area contributed by atoms with Crippen LogP contribution in [0.15, 0.2) is 36.5 Å². The van der Waals surface area contributed by atoms with Gasteiger partial charge in [0.25, 0.3) is 5.91 Å². The number of piperazine rings is 1. The van der Waals surface area contributed by atoms with Gasteiger partial charge in [-0.2, -0.15) is 0 Å². The molecular weight excluding hydrogens is 344 g/mol. The lowest BCUT2D eigenvalue weighted by atomic mass is 10.2. The van der Waals surface area contributed by atoms with E-state index >= 15 is 0 Å². The highest BCUT2D eigenvalue weighted by atomic mass is 16.5. The van der Waals surface area contributed by atoms with Gasteiger partial charge >= 0.3 is 0 Å². The number of aromatic nitrogens is 1. The molecule has 0 bridgehead atoms. The third-order valence-electron chi connectivity index (χ3n) is 4.54. The molecule has 1 amide bonds. The number of methoxy groups -OCH3 is 1. The zero-order valence-electron chi connectivity index (χ0n) is 16.1. The van der Waals surface area contributed by atoms with E-state index in [2.05, 4.69) is 27.1 Å². The fourth-order valence-electron chi connectivity index (χ4n) is 2.92. The molecule has 27 heavy (non-hydrogen) atoms. The van der Waals surface area contributed by atoms with E-state index < -0.39 is 0 Å². The summed E-state index contributed by atoms with van der Waals surface area (Å²) in [5.74, 6) is 1.84. The summed E-state index contributed by atoms with van der Waals surface area (Å²) in [4.78, 5) is 21.2. The van der Waals surface area contributed by atoms with Gasteiger partial charge in [0.2, 0.25) is 0 Å². The maximum absolute atomic E-state index is 12.2. The molecule has 0 saturated carbocycles. The number of carbonyl (C=O) groups is 1. The number of aryl methyl sites for hydroxylation is 1. The standard InChI is InChI=1S/C20H26N4O3/c1-15-4-6-17(18(12-15)26-3)27-14-20(25)22-16-5-7-19(21-13-16)24-10-8-23(2)9-11-24/h4-7,12-13H,8-11,14H2,1-3H3,(H,22,25). The Morgan fingerprint density at radius 2 is 1.93 bits per heavy atom. The summed E-state index contributed by atoms with van der Waals surface area (Å²) in [6.07, 6.45) is 1.68. The van der Waals surface area contributed by atoms with Gasteiger partial charge in [-0.3, -0.25) is 4.79 Å². The van der Waals surface area contributed by atoms with Gasteiger partial charge in [-0.05, 0) is 43.8 Å². The number of nitrogens with one attached hydrogen (secondary N) is 1. The van der Waals surface area contributed by atoms with E-state index in [1.54, 1.807) is 19.4 Å². The number of nitrogens with zero attached hydrogens (tertiary/aromatic N) is 3. The molecule has 2 heterocycles. The quantitative estimate of drug-likeness (QED) is 0.841. The minimum absolute atomic E-state index is 0.0976. The van der Waals surface area contributed by atoms with Crippen LogP contribution in [0.1, 0.15) is 5.56 Å². The molecule has 3 rings (SSSR count). The van der Waals surface area contributed by atoms with Crippen LogP contribution in [0, 0.1) is 6.92 Å². The number of ether oxygens (including phenoxy) is 2. The summed E-state index contributed by atoms with van der Waals surface area (Å²) < 4.78 is 10.9. The molecule has 0 atom stereocenters. The maximum Gasteiger partial charge on any atom is 0.262 e. The second-order valence-corrected chi connectivity index (χ2v) is 6.69. The minimum Gasteiger partial charge on any atom is -0.493 e. The number of benzene rings is 1. The lowest BCUT2D eigenvalue weighted by molar-refractivity contribution is -0.118. The Morgan fingerprint density at radius 3 is 2.59 bits per heavy atom. The lowest BCUT2D eigenvalue weighted by Crippen LogP contribution is -2.44. The van der Waals surface area contributed by atoms with Gasteiger partial charge in [-0.15, -0.1) is 0 Å². The smallest absolute Gasteiger partial charge is 0.262 e. The van der Waals surface area contributed by atoms with Crippen LogP contribution in [0.5, 0.6) is 11.5 Å². The third kappa shape index (κ3) is 5.10. The molecule has 1 fully saturated rings. The molecule has 1 aromatic carbocycles. The molecule has 1 saturated heterocycles. The molecule has 2 aromatic rings. The number of likely N-dealkylation sites (N-methyl/N-ethyl adjacent to an activating group) is 1. The maximum atomic E-state index is 12.2. The second kappa shape index (κ2) is 8.73. The largest absolute Gasteiger partial charge is 0.493 e. The summed E-state index contributed by atoms with van der Waals surface area (Å²) >= 11 is 0. The van der Waals surface area contributed by atoms with Crippen LogP contribution in [0.3, 0.4) is 0 Å². The fourth-order valence-corrected chi connectivity index (χ4v) is 2.92. The molecule has 1 aliphatic rings. The van der Waals surface area contributed by atoms with Gasteiger partial charge in [0.05, 0.1) is 19.0 Å². The Morgan fingerprint density at radius 1 is 1.15 bits per heavy atom. The van der Waals surface area contributed by atoms with Crippen LogP contribution in [0.25, 0.3) is 0 Å². The van der Waals surface area contributed by atoms with Crippen LogP contribution in [0.4, 0.5) is 11.5 Å². The first-order chi connectivity index (χ1) is 13.0. The van der Waals surface area contributed by atoms with Crippen molar-refractivity contribution in [2.45, 2.75) is 6.92 Å². The van der Waals surface area contributed by atoms with Gasteiger partial charge in [0.1, 0.15) is 5.82 Å². The van der Waals surface area contributed by atoms with E-state index in [9.17, 15) is 4.79 Å². The summed E-state index contributed by atoms with van der Waals surface area (Å²) in [5, 5.41) is 2.80. The second-order valence-electron chi connectivity index (χ2n) is 6.69. The molecule has 1 N–H and O–H groups in total. The molecule has 0 aliphatic carbocycles. The number of hydrogen-bond donors (Lipinski definition) is 1. The van der Waals surface area contributed by atoms with Crippen molar-refractivity contribution in [3.05, 3.63) is 42.1 Å². The van der Waals surface area contributed by atoms with Crippen molar-refractivity contribution in [2.75, 3.05) is 57.2 Å². The van der Waals surface area contributed by atoms with Crippen molar-refractivity contribution in [1.82, 2.24) is 9.88 Å². The summed E-state index contributed by atoms with van der Waals surface area (Å²) in [6.45, 7) is 5.85. The summed E-state index contributed by atoms with van der Waals surface area (Å²) in [5.41, 5.74) is 1.72.